The number of ether oxygens (including phenoxy) is 1. The average molecular weight is 308 g/mol. The SMILES string of the molecule is Cc1ccc(-c2ccc(O[C@H]3CN4CCC3CC4)cc2)cc1N. The van der Waals surface area contributed by atoms with Gasteiger partial charge in [-0.2, -0.15) is 0 Å². The number of nitrogens with two attached hydrogens (primary N) is 1. The Morgan fingerprint density at radius 3 is 2.30 bits per heavy atom. The number of hydrogen-bond donors (Lipinski definition) is 1. The van der Waals surface area contributed by atoms with E-state index < -0.39 is 0 Å². The van der Waals surface area contributed by atoms with Crippen LogP contribution in [0.5, 0.6) is 5.75 Å². The van der Waals surface area contributed by atoms with Gasteiger partial charge in [-0.15, -0.1) is 0 Å². The number of anilines is 1. The van der Waals surface area contributed by atoms with Crippen molar-refractivity contribution in [1.82, 2.24) is 4.90 Å². The third kappa shape index (κ3) is 2.93. The molecule has 3 aliphatic heterocycles. The Morgan fingerprint density at radius 1 is 1.00 bits per heavy atom. The molecule has 3 nitrogen and oxygen atoms in total. The number of hydrogen-bond acceptors (Lipinski definition) is 3. The quantitative estimate of drug-likeness (QED) is 0.878. The number of rotatable bonds is 3. The lowest BCUT2D eigenvalue weighted by molar-refractivity contribution is -0.00775. The van der Waals surface area contributed by atoms with Gasteiger partial charge in [-0.05, 0) is 73.7 Å². The van der Waals surface area contributed by atoms with E-state index in [4.69, 9.17) is 10.5 Å². The van der Waals surface area contributed by atoms with Crippen LogP contribution >= 0.6 is 0 Å². The van der Waals surface area contributed by atoms with E-state index in [9.17, 15) is 0 Å². The maximum absolute atomic E-state index is 6.26. The highest BCUT2D eigenvalue weighted by atomic mass is 16.5. The normalized spacial score (nSPS) is 26.2. The van der Waals surface area contributed by atoms with Gasteiger partial charge in [-0.1, -0.05) is 24.3 Å². The topological polar surface area (TPSA) is 38.5 Å². The summed E-state index contributed by atoms with van der Waals surface area (Å²) in [5.74, 6) is 1.71. The summed E-state index contributed by atoms with van der Waals surface area (Å²) < 4.78 is 6.26. The van der Waals surface area contributed by atoms with Crippen LogP contribution in [0.1, 0.15) is 18.4 Å². The molecule has 3 fully saturated rings. The van der Waals surface area contributed by atoms with Crippen LogP contribution in [-0.4, -0.2) is 30.6 Å². The third-order valence-corrected chi connectivity index (χ3v) is 5.35. The summed E-state index contributed by atoms with van der Waals surface area (Å²) in [6.45, 7) is 5.61. The van der Waals surface area contributed by atoms with Gasteiger partial charge in [0, 0.05) is 12.2 Å². The van der Waals surface area contributed by atoms with E-state index in [2.05, 4.69) is 41.3 Å². The predicted octanol–water partition coefficient (Wildman–Crippen LogP) is 3.72. The van der Waals surface area contributed by atoms with Crippen LogP contribution in [-0.2, 0) is 0 Å². The summed E-state index contributed by atoms with van der Waals surface area (Å²) in [5, 5.41) is 0. The maximum atomic E-state index is 6.26. The molecule has 23 heavy (non-hydrogen) atoms. The molecule has 2 N–H and O–H groups in total. The molecule has 1 atom stereocenters. The van der Waals surface area contributed by atoms with Crippen LogP contribution in [0.2, 0.25) is 0 Å². The van der Waals surface area contributed by atoms with E-state index in [1.807, 2.05) is 13.0 Å². The van der Waals surface area contributed by atoms with Crippen LogP contribution < -0.4 is 10.5 Å². The van der Waals surface area contributed by atoms with Crippen LogP contribution in [0.15, 0.2) is 42.5 Å². The molecule has 3 heteroatoms. The van der Waals surface area contributed by atoms with E-state index in [-0.39, 0.29) is 0 Å². The number of piperidine rings is 3. The van der Waals surface area contributed by atoms with Crippen LogP contribution in [0, 0.1) is 12.8 Å². The standard InChI is InChI=1S/C20H24N2O/c1-14-2-3-17(12-19(14)21)15-4-6-18(7-5-15)23-20-13-22-10-8-16(20)9-11-22/h2-7,12,16,20H,8-11,13,21H2,1H3/t20-/m0/s1. The molecule has 0 radical (unpaired) electrons. The zero-order valence-corrected chi connectivity index (χ0v) is 13.7. The van der Waals surface area contributed by atoms with Gasteiger partial charge < -0.3 is 10.5 Å². The van der Waals surface area contributed by atoms with Crippen molar-refractivity contribution in [3.63, 3.8) is 0 Å². The molecule has 2 aromatic rings. The first-order chi connectivity index (χ1) is 11.2. The first kappa shape index (κ1) is 14.6. The molecule has 0 spiro atoms. The second kappa shape index (κ2) is 5.89. The van der Waals surface area contributed by atoms with E-state index >= 15 is 0 Å². The minimum Gasteiger partial charge on any atom is -0.489 e. The highest BCUT2D eigenvalue weighted by Gasteiger charge is 2.35. The van der Waals surface area contributed by atoms with Gasteiger partial charge >= 0.3 is 0 Å². The fourth-order valence-electron chi connectivity index (χ4n) is 3.77. The van der Waals surface area contributed by atoms with E-state index in [0.717, 1.165) is 35.0 Å². The second-order valence-electron chi connectivity index (χ2n) is 6.89. The summed E-state index contributed by atoms with van der Waals surface area (Å²) in [5.41, 5.74) is 10.3. The molecular weight excluding hydrogens is 284 g/mol. The van der Waals surface area contributed by atoms with E-state index in [1.54, 1.807) is 0 Å². The Kier molecular flexibility index (Phi) is 3.74. The number of nitrogen functional groups attached to an aromatic ring is 1. The number of nitrogens with zero attached hydrogens (tertiary/aromatic N) is 1. The van der Waals surface area contributed by atoms with Crippen LogP contribution in [0.4, 0.5) is 5.69 Å². The van der Waals surface area contributed by atoms with Gasteiger partial charge in [-0.3, -0.25) is 4.90 Å². The lowest BCUT2D eigenvalue weighted by Crippen LogP contribution is -2.52. The molecule has 2 aromatic carbocycles. The highest BCUT2D eigenvalue weighted by Crippen LogP contribution is 2.31. The summed E-state index contributed by atoms with van der Waals surface area (Å²) in [6.07, 6.45) is 2.93. The third-order valence-electron chi connectivity index (χ3n) is 5.35. The Morgan fingerprint density at radius 2 is 1.70 bits per heavy atom. The highest BCUT2D eigenvalue weighted by molar-refractivity contribution is 5.69. The van der Waals surface area contributed by atoms with Gasteiger partial charge in [0.15, 0.2) is 0 Å². The van der Waals surface area contributed by atoms with Crippen LogP contribution in [0.25, 0.3) is 11.1 Å². The lowest BCUT2D eigenvalue weighted by Gasteiger charge is -2.44. The Labute approximate surface area is 138 Å². The fourth-order valence-corrected chi connectivity index (χ4v) is 3.77. The zero-order valence-electron chi connectivity index (χ0n) is 13.7. The minimum absolute atomic E-state index is 0.360. The lowest BCUT2D eigenvalue weighted by atomic mass is 9.86. The van der Waals surface area contributed by atoms with Crippen molar-refractivity contribution in [2.75, 3.05) is 25.4 Å². The molecule has 0 unspecified atom stereocenters. The first-order valence-corrected chi connectivity index (χ1v) is 8.54. The summed E-state index contributed by atoms with van der Waals surface area (Å²) >= 11 is 0. The Balaban J connectivity index is 1.48. The van der Waals surface area contributed by atoms with E-state index in [1.165, 1.54) is 31.5 Å². The summed E-state index contributed by atoms with van der Waals surface area (Å²) in [7, 11) is 0. The van der Waals surface area contributed by atoms with E-state index in [0.29, 0.717) is 6.10 Å². The van der Waals surface area contributed by atoms with Gasteiger partial charge in [0.1, 0.15) is 11.9 Å². The summed E-state index contributed by atoms with van der Waals surface area (Å²) in [4.78, 5) is 2.52. The minimum atomic E-state index is 0.360. The smallest absolute Gasteiger partial charge is 0.119 e. The predicted molar refractivity (Wildman–Crippen MR) is 94.6 cm³/mol. The monoisotopic (exact) mass is 308 g/mol. The van der Waals surface area contributed by atoms with Gasteiger partial charge in [0.25, 0.3) is 0 Å². The molecule has 5 rings (SSSR count). The zero-order chi connectivity index (χ0) is 15.8. The largest absolute Gasteiger partial charge is 0.489 e. The van der Waals surface area contributed by atoms with Crippen molar-refractivity contribution in [3.05, 3.63) is 48.0 Å². The molecule has 3 heterocycles. The Bertz CT molecular complexity index is 687. The fraction of sp³-hybridized carbons (Fsp3) is 0.400. The number of aryl methyl sites for hydroxylation is 1. The Hall–Kier alpha value is -2.00. The van der Waals surface area contributed by atoms with Crippen molar-refractivity contribution < 1.29 is 4.74 Å². The molecule has 0 saturated carbocycles. The molecular formula is C20H24N2O. The molecule has 3 saturated heterocycles. The van der Waals surface area contributed by atoms with Crippen molar-refractivity contribution in [1.29, 1.82) is 0 Å². The molecule has 0 aliphatic carbocycles. The molecule has 3 aliphatic rings. The number of fused-ring (bicyclic) bond motifs is 3. The molecule has 2 bridgehead atoms. The van der Waals surface area contributed by atoms with Gasteiger partial charge in [0.05, 0.1) is 0 Å². The van der Waals surface area contributed by atoms with Gasteiger partial charge in [-0.25, -0.2) is 0 Å². The molecule has 0 aromatic heterocycles. The van der Waals surface area contributed by atoms with Crippen molar-refractivity contribution in [2.24, 2.45) is 5.92 Å². The molecule has 120 valence electrons. The van der Waals surface area contributed by atoms with Crippen molar-refractivity contribution in [2.45, 2.75) is 25.9 Å². The average Bonchev–Trinajstić information content (AvgIpc) is 2.59. The molecule has 0 amide bonds. The first-order valence-electron chi connectivity index (χ1n) is 8.54. The van der Waals surface area contributed by atoms with Gasteiger partial charge in [0.2, 0.25) is 0 Å². The number of benzene rings is 2. The van der Waals surface area contributed by atoms with Crippen LogP contribution in [0.3, 0.4) is 0 Å². The maximum Gasteiger partial charge on any atom is 0.119 e. The second-order valence-corrected chi connectivity index (χ2v) is 6.89. The van der Waals surface area contributed by atoms with Crippen molar-refractivity contribution >= 4 is 5.69 Å². The van der Waals surface area contributed by atoms with Crippen molar-refractivity contribution in [3.8, 4) is 16.9 Å². The summed E-state index contributed by atoms with van der Waals surface area (Å²) in [6, 6.07) is 14.7.